The van der Waals surface area contributed by atoms with Gasteiger partial charge in [-0.25, -0.2) is 4.99 Å². The lowest BCUT2D eigenvalue weighted by Crippen LogP contribution is -2.25. The van der Waals surface area contributed by atoms with Crippen LogP contribution in [0.1, 0.15) is 17.3 Å². The average molecular weight is 680 g/mol. The van der Waals surface area contributed by atoms with Gasteiger partial charge in [0.2, 0.25) is 0 Å². The Morgan fingerprint density at radius 3 is 1.87 bits per heavy atom. The fourth-order valence-corrected chi connectivity index (χ4v) is 10.2. The van der Waals surface area contributed by atoms with Crippen LogP contribution in [0.3, 0.4) is 0 Å². The van der Waals surface area contributed by atoms with Gasteiger partial charge in [-0.2, -0.15) is 0 Å². The molecular formula is C48H29N3S. The molecule has 11 aromatic rings. The van der Waals surface area contributed by atoms with E-state index >= 15 is 0 Å². The van der Waals surface area contributed by atoms with Gasteiger partial charge in [-0.05, 0) is 38.4 Å². The Bertz CT molecular complexity index is 3340. The highest BCUT2D eigenvalue weighted by Gasteiger charge is 2.31. The molecule has 242 valence electrons. The number of hydrogen-bond donors (Lipinski definition) is 1. The highest BCUT2D eigenvalue weighted by atomic mass is 32.1. The van der Waals surface area contributed by atoms with Crippen LogP contribution in [0.5, 0.6) is 0 Å². The number of benzene rings is 9. The summed E-state index contributed by atoms with van der Waals surface area (Å²) in [5.74, 6) is 0.884. The summed E-state index contributed by atoms with van der Waals surface area (Å²) >= 11 is 1.90. The molecule has 1 unspecified atom stereocenters. The Morgan fingerprint density at radius 2 is 1.06 bits per heavy atom. The van der Waals surface area contributed by atoms with Gasteiger partial charge in [0.1, 0.15) is 5.84 Å². The van der Waals surface area contributed by atoms with Crippen molar-refractivity contribution in [1.82, 2.24) is 4.57 Å². The zero-order chi connectivity index (χ0) is 33.9. The van der Waals surface area contributed by atoms with Crippen LogP contribution in [-0.2, 0) is 0 Å². The normalized spacial score (nSPS) is 14.6. The van der Waals surface area contributed by atoms with Crippen molar-refractivity contribution in [2.75, 3.05) is 5.32 Å². The van der Waals surface area contributed by atoms with E-state index in [1.165, 1.54) is 85.1 Å². The van der Waals surface area contributed by atoms with E-state index in [0.717, 1.165) is 22.6 Å². The molecule has 2 aromatic heterocycles. The number of aromatic nitrogens is 1. The van der Waals surface area contributed by atoms with Crippen LogP contribution in [0.25, 0.3) is 85.1 Å². The number of nitrogens with one attached hydrogen (secondary N) is 1. The van der Waals surface area contributed by atoms with Gasteiger partial charge in [-0.1, -0.05) is 158 Å². The van der Waals surface area contributed by atoms with Crippen LogP contribution < -0.4 is 5.32 Å². The molecule has 1 aliphatic heterocycles. The van der Waals surface area contributed by atoms with E-state index in [1.807, 2.05) is 11.3 Å². The lowest BCUT2D eigenvalue weighted by atomic mass is 9.97. The number of aliphatic imine (C=N–C) groups is 1. The first-order valence-corrected chi connectivity index (χ1v) is 18.7. The van der Waals surface area contributed by atoms with E-state index < -0.39 is 0 Å². The molecule has 0 bridgehead atoms. The fourth-order valence-electron chi connectivity index (χ4n) is 8.97. The summed E-state index contributed by atoms with van der Waals surface area (Å²) in [7, 11) is 0. The van der Waals surface area contributed by atoms with Gasteiger partial charge in [0.05, 0.1) is 21.4 Å². The third-order valence-electron chi connectivity index (χ3n) is 11.2. The highest BCUT2D eigenvalue weighted by molar-refractivity contribution is 7.27. The number of rotatable bonds is 2. The minimum absolute atomic E-state index is 0.338. The lowest BCUT2D eigenvalue weighted by Gasteiger charge is -2.29. The molecule has 0 saturated heterocycles. The smallest absolute Gasteiger partial charge is 0.155 e. The SMILES string of the molecule is c1ccc2c(C3=NC(n4c5c6ccccc6ccc5c5c6ccccc6c6c7ccccc7sc6c54)c4ccc5ccccc5c4N3)cccc2c1. The summed E-state index contributed by atoms with van der Waals surface area (Å²) in [6, 6.07) is 59.8. The number of fused-ring (bicyclic) bond motifs is 16. The summed E-state index contributed by atoms with van der Waals surface area (Å²) in [6.45, 7) is 0. The van der Waals surface area contributed by atoms with Crippen LogP contribution in [0.15, 0.2) is 169 Å². The molecule has 1 aliphatic rings. The van der Waals surface area contributed by atoms with Crippen molar-refractivity contribution < 1.29 is 0 Å². The van der Waals surface area contributed by atoms with Crippen molar-refractivity contribution in [2.45, 2.75) is 6.17 Å². The van der Waals surface area contributed by atoms with E-state index in [9.17, 15) is 0 Å². The zero-order valence-electron chi connectivity index (χ0n) is 28.0. The maximum atomic E-state index is 5.81. The average Bonchev–Trinajstić information content (AvgIpc) is 3.77. The number of nitrogens with zero attached hydrogens (tertiary/aromatic N) is 2. The van der Waals surface area contributed by atoms with Crippen LogP contribution in [-0.4, -0.2) is 10.4 Å². The molecule has 1 N–H and O–H groups in total. The van der Waals surface area contributed by atoms with Gasteiger partial charge in [-0.15, -0.1) is 11.3 Å². The minimum Gasteiger partial charge on any atom is -0.339 e. The van der Waals surface area contributed by atoms with Crippen molar-refractivity contribution in [1.29, 1.82) is 0 Å². The Hall–Kier alpha value is -6.49. The van der Waals surface area contributed by atoms with Gasteiger partial charge in [0.15, 0.2) is 6.17 Å². The quantitative estimate of drug-likeness (QED) is 0.194. The maximum absolute atomic E-state index is 5.81. The predicted molar refractivity (Wildman–Crippen MR) is 224 cm³/mol. The topological polar surface area (TPSA) is 29.3 Å². The molecular weight excluding hydrogens is 651 g/mol. The first-order valence-electron chi connectivity index (χ1n) is 17.8. The van der Waals surface area contributed by atoms with E-state index in [-0.39, 0.29) is 6.17 Å². The summed E-state index contributed by atoms with van der Waals surface area (Å²) in [5.41, 5.74) is 5.84. The zero-order valence-corrected chi connectivity index (χ0v) is 28.8. The van der Waals surface area contributed by atoms with E-state index in [1.54, 1.807) is 0 Å². The van der Waals surface area contributed by atoms with E-state index in [4.69, 9.17) is 4.99 Å². The number of hydrogen-bond acceptors (Lipinski definition) is 3. The number of anilines is 1. The summed E-state index contributed by atoms with van der Waals surface area (Å²) < 4.78 is 5.20. The molecule has 3 nitrogen and oxygen atoms in total. The van der Waals surface area contributed by atoms with Crippen molar-refractivity contribution in [3.63, 3.8) is 0 Å². The second kappa shape index (κ2) is 10.5. The van der Waals surface area contributed by atoms with Crippen LogP contribution in [0.2, 0.25) is 0 Å². The van der Waals surface area contributed by atoms with Crippen molar-refractivity contribution >= 4 is 108 Å². The molecule has 0 radical (unpaired) electrons. The molecule has 12 rings (SSSR count). The second-order valence-electron chi connectivity index (χ2n) is 13.9. The van der Waals surface area contributed by atoms with Gasteiger partial charge >= 0.3 is 0 Å². The third-order valence-corrected chi connectivity index (χ3v) is 12.4. The number of thiophene rings is 1. The Balaban J connectivity index is 1.32. The molecule has 0 fully saturated rings. The molecule has 0 aliphatic carbocycles. The summed E-state index contributed by atoms with van der Waals surface area (Å²) in [4.78, 5) is 5.81. The van der Waals surface area contributed by atoms with Gasteiger partial charge in [0, 0.05) is 48.1 Å². The maximum Gasteiger partial charge on any atom is 0.155 e. The van der Waals surface area contributed by atoms with Gasteiger partial charge < -0.3 is 9.88 Å². The van der Waals surface area contributed by atoms with Crippen molar-refractivity contribution in [2.24, 2.45) is 4.99 Å². The fraction of sp³-hybridized carbons (Fsp3) is 0.0208. The standard InChI is InChI=1S/C48H29N3S/c1-4-16-31-28(12-1)15-11-22-36(31)47-49-43-32-17-5-2-13-29(32)25-27-39(43)48(50-47)51-44-33-18-6-3-14-30(33)24-26-38(44)41-34-19-7-8-20-35(34)42-37-21-9-10-23-40(37)52-46(42)45(41)51/h1-27,48H,(H,49,50). The summed E-state index contributed by atoms with van der Waals surface area (Å²) in [5, 5.41) is 18.9. The highest BCUT2D eigenvalue weighted by Crippen LogP contribution is 2.51. The molecule has 4 heteroatoms. The molecule has 3 heterocycles. The van der Waals surface area contributed by atoms with Crippen molar-refractivity contribution in [3.8, 4) is 0 Å². The number of amidine groups is 1. The van der Waals surface area contributed by atoms with Gasteiger partial charge in [0.25, 0.3) is 0 Å². The summed E-state index contributed by atoms with van der Waals surface area (Å²) in [6.07, 6.45) is -0.338. The second-order valence-corrected chi connectivity index (χ2v) is 14.9. The minimum atomic E-state index is -0.338. The van der Waals surface area contributed by atoms with Gasteiger partial charge in [-0.3, -0.25) is 0 Å². The van der Waals surface area contributed by atoms with Crippen molar-refractivity contribution in [3.05, 3.63) is 175 Å². The molecule has 0 spiro atoms. The van der Waals surface area contributed by atoms with Crippen LogP contribution in [0.4, 0.5) is 5.69 Å². The Labute approximate surface area is 302 Å². The first-order chi connectivity index (χ1) is 25.8. The predicted octanol–water partition coefficient (Wildman–Crippen LogP) is 13.2. The monoisotopic (exact) mass is 679 g/mol. The van der Waals surface area contributed by atoms with Crippen LogP contribution >= 0.6 is 11.3 Å². The largest absolute Gasteiger partial charge is 0.339 e. The van der Waals surface area contributed by atoms with Crippen LogP contribution in [0, 0.1) is 0 Å². The third kappa shape index (κ3) is 3.77. The molecule has 1 atom stereocenters. The lowest BCUT2D eigenvalue weighted by molar-refractivity contribution is 0.655. The molecule has 52 heavy (non-hydrogen) atoms. The molecule has 9 aromatic carbocycles. The van der Waals surface area contributed by atoms with E-state index in [0.29, 0.717) is 0 Å². The van der Waals surface area contributed by atoms with E-state index in [2.05, 4.69) is 174 Å². The molecule has 0 amide bonds. The Kier molecular flexibility index (Phi) is 5.71. The Morgan fingerprint density at radius 1 is 0.462 bits per heavy atom. The molecule has 0 saturated carbocycles. The first kappa shape index (κ1) is 28.2.